The van der Waals surface area contributed by atoms with Crippen LogP contribution in [0.2, 0.25) is 0 Å². The Bertz CT molecular complexity index is 968. The van der Waals surface area contributed by atoms with Gasteiger partial charge >= 0.3 is 5.51 Å². The minimum Gasteiger partial charge on any atom is -0.497 e. The van der Waals surface area contributed by atoms with Crippen molar-refractivity contribution < 1.29 is 31.1 Å². The molecule has 0 unspecified atom stereocenters. The van der Waals surface area contributed by atoms with Gasteiger partial charge in [-0.05, 0) is 35.9 Å². The number of ketones is 1. The lowest BCUT2D eigenvalue weighted by atomic mass is 10.0. The molecule has 0 spiro atoms. The topological polar surface area (TPSA) is 60.4 Å². The lowest BCUT2D eigenvalue weighted by Crippen LogP contribution is -2.27. The van der Waals surface area contributed by atoms with Gasteiger partial charge in [-0.3, -0.25) is 4.79 Å². The molecule has 2 aromatic rings. The van der Waals surface area contributed by atoms with Crippen molar-refractivity contribution >= 4 is 33.0 Å². The van der Waals surface area contributed by atoms with Gasteiger partial charge in [0.1, 0.15) is 5.75 Å². The maximum atomic E-state index is 12.7. The van der Waals surface area contributed by atoms with Crippen LogP contribution in [0, 0.1) is 6.07 Å². The third-order valence-electron chi connectivity index (χ3n) is 3.60. The van der Waals surface area contributed by atoms with E-state index in [4.69, 9.17) is 4.74 Å². The second-order valence-corrected chi connectivity index (χ2v) is 8.23. The molecule has 0 atom stereocenters. The molecule has 0 saturated heterocycles. The molecular formula is C16H10F3O4S2. The molecule has 1 aromatic carbocycles. The van der Waals surface area contributed by atoms with Gasteiger partial charge in [-0.2, -0.15) is 13.2 Å². The van der Waals surface area contributed by atoms with Crippen LogP contribution in [0.5, 0.6) is 5.75 Å². The third kappa shape index (κ3) is 3.09. The van der Waals surface area contributed by atoms with Crippen molar-refractivity contribution in [2.75, 3.05) is 7.11 Å². The first-order valence-electron chi connectivity index (χ1n) is 6.89. The Balaban J connectivity index is 2.05. The third-order valence-corrected chi connectivity index (χ3v) is 6.25. The van der Waals surface area contributed by atoms with E-state index in [1.165, 1.54) is 7.11 Å². The molecule has 0 saturated carbocycles. The maximum Gasteiger partial charge on any atom is 0.501 e. The van der Waals surface area contributed by atoms with Crippen molar-refractivity contribution in [1.82, 2.24) is 0 Å². The molecule has 1 radical (unpaired) electrons. The van der Waals surface area contributed by atoms with Gasteiger partial charge < -0.3 is 4.74 Å². The molecule has 0 fully saturated rings. The van der Waals surface area contributed by atoms with Gasteiger partial charge in [-0.15, -0.1) is 11.3 Å². The summed E-state index contributed by atoms with van der Waals surface area (Å²) >= 11 is 1.01. The molecule has 25 heavy (non-hydrogen) atoms. The Kier molecular flexibility index (Phi) is 4.24. The number of Topliss-reactive ketones (excluding diaryl/α,β-unsaturated/α-hetero) is 1. The van der Waals surface area contributed by atoms with E-state index in [2.05, 4.69) is 6.07 Å². The molecule has 9 heteroatoms. The fraction of sp³-hybridized carbons (Fsp3) is 0.188. The van der Waals surface area contributed by atoms with Crippen LogP contribution in [0.3, 0.4) is 0 Å². The smallest absolute Gasteiger partial charge is 0.497 e. The van der Waals surface area contributed by atoms with Crippen molar-refractivity contribution in [2.24, 2.45) is 0 Å². The summed E-state index contributed by atoms with van der Waals surface area (Å²) in [5.41, 5.74) is -4.63. The van der Waals surface area contributed by atoms with Crippen LogP contribution in [0.25, 0.3) is 16.5 Å². The second kappa shape index (κ2) is 5.99. The van der Waals surface area contributed by atoms with E-state index in [0.29, 0.717) is 16.2 Å². The molecule has 4 nitrogen and oxygen atoms in total. The number of rotatable bonds is 3. The van der Waals surface area contributed by atoms with Crippen LogP contribution in [-0.4, -0.2) is 26.8 Å². The largest absolute Gasteiger partial charge is 0.501 e. The Morgan fingerprint density at radius 1 is 1.20 bits per heavy atom. The Morgan fingerprint density at radius 3 is 2.40 bits per heavy atom. The van der Waals surface area contributed by atoms with E-state index >= 15 is 0 Å². The van der Waals surface area contributed by atoms with E-state index in [1.807, 2.05) is 0 Å². The Hall–Kier alpha value is -2.13. The first-order chi connectivity index (χ1) is 11.6. The molecule has 131 valence electrons. The normalized spacial score (nSPS) is 14.9. The zero-order chi connectivity index (χ0) is 18.4. The highest BCUT2D eigenvalue weighted by atomic mass is 32.2. The van der Waals surface area contributed by atoms with Crippen molar-refractivity contribution in [3.63, 3.8) is 0 Å². The summed E-state index contributed by atoms with van der Waals surface area (Å²) in [6.07, 6.45) is 0.0951. The number of benzene rings is 1. The molecule has 0 N–H and O–H groups in total. The van der Waals surface area contributed by atoms with Crippen LogP contribution in [0.4, 0.5) is 13.2 Å². The van der Waals surface area contributed by atoms with E-state index in [9.17, 15) is 26.4 Å². The molecule has 0 aliphatic heterocycles. The van der Waals surface area contributed by atoms with Crippen molar-refractivity contribution in [3.8, 4) is 16.2 Å². The summed E-state index contributed by atoms with van der Waals surface area (Å²) in [5, 5.41) is 0. The number of hydrogen-bond donors (Lipinski definition) is 0. The van der Waals surface area contributed by atoms with E-state index in [0.717, 1.165) is 17.4 Å². The number of methoxy groups -OCH3 is 1. The zero-order valence-corrected chi connectivity index (χ0v) is 14.3. The van der Waals surface area contributed by atoms with E-state index < -0.39 is 32.5 Å². The first-order valence-corrected chi connectivity index (χ1v) is 9.19. The summed E-state index contributed by atoms with van der Waals surface area (Å²) < 4.78 is 66.3. The molecule has 1 aliphatic rings. The number of fused-ring (bicyclic) bond motifs is 1. The van der Waals surface area contributed by atoms with Crippen LogP contribution in [0.1, 0.15) is 21.7 Å². The summed E-state index contributed by atoms with van der Waals surface area (Å²) in [7, 11) is -4.01. The van der Waals surface area contributed by atoms with Gasteiger partial charge in [0, 0.05) is 27.8 Å². The molecule has 1 aromatic heterocycles. The summed E-state index contributed by atoms with van der Waals surface area (Å²) in [6, 6.07) is 9.68. The van der Waals surface area contributed by atoms with E-state index in [1.54, 1.807) is 24.3 Å². The highest BCUT2D eigenvalue weighted by Gasteiger charge is 2.49. The van der Waals surface area contributed by atoms with Crippen molar-refractivity contribution in [1.29, 1.82) is 0 Å². The van der Waals surface area contributed by atoms with Gasteiger partial charge in [0.05, 0.1) is 12.0 Å². The van der Waals surface area contributed by atoms with Crippen molar-refractivity contribution in [3.05, 3.63) is 45.7 Å². The second-order valence-electron chi connectivity index (χ2n) is 5.18. The number of hydrogen-bond acceptors (Lipinski definition) is 5. The van der Waals surface area contributed by atoms with Gasteiger partial charge in [0.25, 0.3) is 9.84 Å². The lowest BCUT2D eigenvalue weighted by Gasteiger charge is -2.14. The SMILES string of the molecule is COc1ccc(-c2[c]c3c(s2)C=C(S(=O)(=O)C(F)(F)F)CC3=O)cc1. The molecule has 0 bridgehead atoms. The van der Waals surface area contributed by atoms with Gasteiger partial charge in [-0.1, -0.05) is 0 Å². The minimum atomic E-state index is -5.52. The molecule has 0 amide bonds. The van der Waals surface area contributed by atoms with Crippen molar-refractivity contribution in [2.45, 2.75) is 11.9 Å². The first kappa shape index (κ1) is 17.7. The van der Waals surface area contributed by atoms with Crippen LogP contribution >= 0.6 is 11.3 Å². The van der Waals surface area contributed by atoms with E-state index in [-0.39, 0.29) is 10.4 Å². The fourth-order valence-corrected chi connectivity index (χ4v) is 4.37. The zero-order valence-electron chi connectivity index (χ0n) is 12.7. The molecular weight excluding hydrogens is 377 g/mol. The number of thiophene rings is 1. The summed E-state index contributed by atoms with van der Waals surface area (Å²) in [4.78, 5) is 11.8. The highest BCUT2D eigenvalue weighted by Crippen LogP contribution is 2.40. The fourth-order valence-electron chi connectivity index (χ4n) is 2.31. The molecule has 3 rings (SSSR count). The average molecular weight is 387 g/mol. The number of carbonyl (C=O) groups is 1. The highest BCUT2D eigenvalue weighted by molar-refractivity contribution is 7.96. The number of carbonyl (C=O) groups excluding carboxylic acids is 1. The van der Waals surface area contributed by atoms with Gasteiger partial charge in [0.15, 0.2) is 5.78 Å². The van der Waals surface area contributed by atoms with Crippen LogP contribution < -0.4 is 4.74 Å². The Morgan fingerprint density at radius 2 is 1.84 bits per heavy atom. The number of ether oxygens (including phenoxy) is 1. The minimum absolute atomic E-state index is 0.108. The number of alkyl halides is 3. The molecule has 1 heterocycles. The lowest BCUT2D eigenvalue weighted by molar-refractivity contribution is -0.0426. The predicted octanol–water partition coefficient (Wildman–Crippen LogP) is 4.09. The quantitative estimate of drug-likeness (QED) is 0.796. The standard InChI is InChI=1S/C16H10F3O4S2/c1-23-10-4-2-9(3-5-10)14-8-12-13(20)6-11(7-15(12)24-14)25(21,22)16(17,18)19/h2-5,7H,6H2,1H3. The Labute approximate surface area is 145 Å². The predicted molar refractivity (Wildman–Crippen MR) is 87.0 cm³/mol. The van der Waals surface area contributed by atoms with Crippen LogP contribution in [-0.2, 0) is 9.84 Å². The number of halogens is 3. The average Bonchev–Trinajstić information content (AvgIpc) is 2.98. The summed E-state index contributed by atoms with van der Waals surface area (Å²) in [6.45, 7) is 0. The van der Waals surface area contributed by atoms with Gasteiger partial charge in [0.2, 0.25) is 0 Å². The van der Waals surface area contributed by atoms with Gasteiger partial charge in [-0.25, -0.2) is 8.42 Å². The number of sulfone groups is 1. The molecule has 1 aliphatic carbocycles. The maximum absolute atomic E-state index is 12.7. The van der Waals surface area contributed by atoms with Crippen LogP contribution in [0.15, 0.2) is 29.2 Å². The summed E-state index contributed by atoms with van der Waals surface area (Å²) in [5.74, 6) is -0.0732. The number of allylic oxidation sites excluding steroid dienone is 1. The monoisotopic (exact) mass is 387 g/mol.